The zero-order valence-corrected chi connectivity index (χ0v) is 13.0. The van der Waals surface area contributed by atoms with Crippen LogP contribution < -0.4 is 15.2 Å². The molecule has 0 aromatic heterocycles. The van der Waals surface area contributed by atoms with E-state index in [0.29, 0.717) is 36.1 Å². The van der Waals surface area contributed by atoms with Crippen LogP contribution in [-0.4, -0.2) is 20.3 Å². The zero-order chi connectivity index (χ0) is 15.2. The average molecular weight is 297 g/mol. The van der Waals surface area contributed by atoms with Gasteiger partial charge in [0.15, 0.2) is 11.5 Å². The summed E-state index contributed by atoms with van der Waals surface area (Å²) >= 11 is 6.22. The van der Waals surface area contributed by atoms with E-state index < -0.39 is 5.41 Å². The summed E-state index contributed by atoms with van der Waals surface area (Å²) in [5.41, 5.74) is 6.13. The Kier molecular flexibility index (Phi) is 6.12. The second kappa shape index (κ2) is 7.37. The normalized spacial score (nSPS) is 11.0. The summed E-state index contributed by atoms with van der Waals surface area (Å²) in [6, 6.07) is 5.95. The van der Waals surface area contributed by atoms with E-state index in [1.807, 2.05) is 26.0 Å². The van der Waals surface area contributed by atoms with E-state index in [0.717, 1.165) is 12.0 Å². The van der Waals surface area contributed by atoms with Gasteiger partial charge in [0.25, 0.3) is 0 Å². The van der Waals surface area contributed by atoms with Crippen LogP contribution in [0.5, 0.6) is 11.5 Å². The van der Waals surface area contributed by atoms with E-state index >= 15 is 0 Å². The Morgan fingerprint density at radius 3 is 2.65 bits per heavy atom. The maximum Gasteiger partial charge on any atom is 0.179 e. The third-order valence-corrected chi connectivity index (χ3v) is 3.28. The molecule has 0 saturated heterocycles. The molecule has 0 unspecified atom stereocenters. The van der Waals surface area contributed by atoms with Gasteiger partial charge >= 0.3 is 0 Å². The lowest BCUT2D eigenvalue weighted by atomic mass is 9.92. The number of halogens is 1. The summed E-state index contributed by atoms with van der Waals surface area (Å²) in [6.45, 7) is 4.71. The van der Waals surface area contributed by atoms with Crippen molar-refractivity contribution in [3.63, 3.8) is 0 Å². The predicted molar refractivity (Wildman–Crippen MR) is 80.3 cm³/mol. The molecule has 20 heavy (non-hydrogen) atoms. The third-order valence-electron chi connectivity index (χ3n) is 3.00. The molecule has 0 saturated carbocycles. The molecule has 0 heterocycles. The fourth-order valence-corrected chi connectivity index (χ4v) is 1.98. The summed E-state index contributed by atoms with van der Waals surface area (Å²) in [5, 5.41) is 9.48. The maximum absolute atomic E-state index is 8.97. The van der Waals surface area contributed by atoms with Crippen LogP contribution in [0.1, 0.15) is 25.8 Å². The van der Waals surface area contributed by atoms with E-state index in [-0.39, 0.29) is 0 Å². The van der Waals surface area contributed by atoms with Crippen LogP contribution in [0.15, 0.2) is 12.1 Å². The van der Waals surface area contributed by atoms with Crippen LogP contribution in [0.4, 0.5) is 0 Å². The Labute approximate surface area is 125 Å². The molecule has 0 aliphatic rings. The number of rotatable bonds is 7. The van der Waals surface area contributed by atoms with Gasteiger partial charge in [-0.1, -0.05) is 11.6 Å². The molecule has 1 aromatic carbocycles. The first-order valence-electron chi connectivity index (χ1n) is 6.54. The number of nitrogens with zero attached hydrogens (tertiary/aromatic N) is 1. The van der Waals surface area contributed by atoms with Crippen molar-refractivity contribution in [2.24, 2.45) is 11.1 Å². The molecule has 0 amide bonds. The molecule has 2 N–H and O–H groups in total. The predicted octanol–water partition coefficient (Wildman–Crippen LogP) is 3.17. The molecule has 0 bridgehead atoms. The summed E-state index contributed by atoms with van der Waals surface area (Å²) < 4.78 is 11.0. The largest absolute Gasteiger partial charge is 0.493 e. The molecule has 0 aliphatic carbocycles. The molecule has 0 atom stereocenters. The zero-order valence-electron chi connectivity index (χ0n) is 12.2. The van der Waals surface area contributed by atoms with Crippen LogP contribution in [0.2, 0.25) is 5.02 Å². The molecule has 0 radical (unpaired) electrons. The summed E-state index contributed by atoms with van der Waals surface area (Å²) in [6.07, 6.45) is 1.35. The number of methoxy groups -OCH3 is 1. The van der Waals surface area contributed by atoms with Gasteiger partial charge in [0.2, 0.25) is 0 Å². The van der Waals surface area contributed by atoms with Crippen LogP contribution in [0, 0.1) is 16.7 Å². The standard InChI is InChI=1S/C15H21ClN2O2/c1-15(2,10-18)5-7-20-14-12(16)8-11(4-6-17)9-13(14)19-3/h8-9H,4-7,17H2,1-3H3. The number of hydrogen-bond acceptors (Lipinski definition) is 4. The van der Waals surface area contributed by atoms with E-state index in [4.69, 9.17) is 32.1 Å². The van der Waals surface area contributed by atoms with Crippen molar-refractivity contribution < 1.29 is 9.47 Å². The summed E-state index contributed by atoms with van der Waals surface area (Å²) in [7, 11) is 1.57. The van der Waals surface area contributed by atoms with Crippen LogP contribution >= 0.6 is 11.6 Å². The summed E-state index contributed by atoms with van der Waals surface area (Å²) in [4.78, 5) is 0. The van der Waals surface area contributed by atoms with Crippen molar-refractivity contribution in [2.45, 2.75) is 26.7 Å². The highest BCUT2D eigenvalue weighted by molar-refractivity contribution is 6.32. The summed E-state index contributed by atoms with van der Waals surface area (Å²) in [5.74, 6) is 1.11. The highest BCUT2D eigenvalue weighted by atomic mass is 35.5. The highest BCUT2D eigenvalue weighted by Crippen LogP contribution is 2.37. The van der Waals surface area contributed by atoms with Crippen molar-refractivity contribution in [1.29, 1.82) is 5.26 Å². The second-order valence-corrected chi connectivity index (χ2v) is 5.65. The molecule has 0 aliphatic heterocycles. The number of nitriles is 1. The second-order valence-electron chi connectivity index (χ2n) is 5.24. The van der Waals surface area contributed by atoms with Crippen LogP contribution in [0.3, 0.4) is 0 Å². The number of benzene rings is 1. The van der Waals surface area contributed by atoms with Gasteiger partial charge in [0.1, 0.15) is 0 Å². The van der Waals surface area contributed by atoms with Gasteiger partial charge in [-0.05, 0) is 50.9 Å². The van der Waals surface area contributed by atoms with E-state index in [9.17, 15) is 0 Å². The molecule has 0 fully saturated rings. The Balaban J connectivity index is 2.82. The lowest BCUT2D eigenvalue weighted by molar-refractivity contribution is 0.252. The Bertz CT molecular complexity index is 495. The van der Waals surface area contributed by atoms with E-state index in [1.165, 1.54) is 0 Å². The fraction of sp³-hybridized carbons (Fsp3) is 0.533. The topological polar surface area (TPSA) is 68.3 Å². The van der Waals surface area contributed by atoms with Crippen molar-refractivity contribution in [2.75, 3.05) is 20.3 Å². The minimum atomic E-state index is -0.417. The molecular formula is C15H21ClN2O2. The van der Waals surface area contributed by atoms with Gasteiger partial charge in [-0.2, -0.15) is 5.26 Å². The number of ether oxygens (including phenoxy) is 2. The van der Waals surface area contributed by atoms with Gasteiger partial charge in [0, 0.05) is 0 Å². The molecule has 110 valence electrons. The van der Waals surface area contributed by atoms with Crippen LogP contribution in [0.25, 0.3) is 0 Å². The number of hydrogen-bond donors (Lipinski definition) is 1. The van der Waals surface area contributed by atoms with Crippen molar-refractivity contribution in [1.82, 2.24) is 0 Å². The smallest absolute Gasteiger partial charge is 0.179 e. The first-order valence-corrected chi connectivity index (χ1v) is 6.92. The Morgan fingerprint density at radius 1 is 1.40 bits per heavy atom. The van der Waals surface area contributed by atoms with Crippen LogP contribution in [-0.2, 0) is 6.42 Å². The minimum Gasteiger partial charge on any atom is -0.493 e. The fourth-order valence-electron chi connectivity index (χ4n) is 1.69. The highest BCUT2D eigenvalue weighted by Gasteiger charge is 2.18. The molecular weight excluding hydrogens is 276 g/mol. The third kappa shape index (κ3) is 4.59. The molecule has 4 nitrogen and oxygen atoms in total. The SMILES string of the molecule is COc1cc(CCN)cc(Cl)c1OCCC(C)(C)C#N. The first kappa shape index (κ1) is 16.6. The molecule has 1 rings (SSSR count). The van der Waals surface area contributed by atoms with Gasteiger partial charge < -0.3 is 15.2 Å². The quantitative estimate of drug-likeness (QED) is 0.839. The van der Waals surface area contributed by atoms with Crippen molar-refractivity contribution in [3.8, 4) is 17.6 Å². The van der Waals surface area contributed by atoms with E-state index in [2.05, 4.69) is 6.07 Å². The lowest BCUT2D eigenvalue weighted by Crippen LogP contribution is -2.13. The lowest BCUT2D eigenvalue weighted by Gasteiger charge is -2.18. The monoisotopic (exact) mass is 296 g/mol. The van der Waals surface area contributed by atoms with Crippen molar-refractivity contribution in [3.05, 3.63) is 22.7 Å². The maximum atomic E-state index is 8.97. The van der Waals surface area contributed by atoms with Gasteiger partial charge in [0.05, 0.1) is 30.2 Å². The molecule has 1 aromatic rings. The molecule has 0 spiro atoms. The van der Waals surface area contributed by atoms with Gasteiger partial charge in [-0.25, -0.2) is 0 Å². The van der Waals surface area contributed by atoms with E-state index in [1.54, 1.807) is 7.11 Å². The Morgan fingerprint density at radius 2 is 2.10 bits per heavy atom. The minimum absolute atomic E-state index is 0.410. The van der Waals surface area contributed by atoms with Gasteiger partial charge in [-0.3, -0.25) is 0 Å². The van der Waals surface area contributed by atoms with Gasteiger partial charge in [-0.15, -0.1) is 0 Å². The Hall–Kier alpha value is -1.44. The first-order chi connectivity index (χ1) is 9.43. The average Bonchev–Trinajstić information content (AvgIpc) is 2.41. The number of nitrogens with two attached hydrogens (primary N) is 1. The van der Waals surface area contributed by atoms with Crippen molar-refractivity contribution >= 4 is 11.6 Å². The molecule has 5 heteroatoms.